The predicted octanol–water partition coefficient (Wildman–Crippen LogP) is 0.664. The summed E-state index contributed by atoms with van der Waals surface area (Å²) in [6.07, 6.45) is 0.935. The lowest BCUT2D eigenvalue weighted by atomic mass is 10.2. The van der Waals surface area contributed by atoms with Crippen LogP contribution in [0.4, 0.5) is 0 Å². The van der Waals surface area contributed by atoms with Crippen LogP contribution in [0.1, 0.15) is 18.9 Å². The first kappa shape index (κ1) is 17.4. The van der Waals surface area contributed by atoms with Gasteiger partial charge in [0, 0.05) is 19.1 Å². The summed E-state index contributed by atoms with van der Waals surface area (Å²) in [5.74, 6) is 0.162. The molecule has 0 amide bonds. The minimum atomic E-state index is 0.162. The summed E-state index contributed by atoms with van der Waals surface area (Å²) in [6.45, 7) is 3.68. The largest absolute Gasteiger partial charge is 0.370 e. The quantitative estimate of drug-likeness (QED) is 0.449. The zero-order valence-electron chi connectivity index (χ0n) is 12.2. The highest BCUT2D eigenvalue weighted by Gasteiger charge is 2.00. The number of nitrogens with two attached hydrogens (primary N) is 2. The highest BCUT2D eigenvalue weighted by atomic mass is 15.0. The number of nitrogens with one attached hydrogen (secondary N) is 2. The van der Waals surface area contributed by atoms with Gasteiger partial charge >= 0.3 is 0 Å². The van der Waals surface area contributed by atoms with Gasteiger partial charge in [-0.05, 0) is 33.0 Å². The van der Waals surface area contributed by atoms with E-state index in [-0.39, 0.29) is 5.96 Å². The van der Waals surface area contributed by atoms with Gasteiger partial charge in [-0.3, -0.25) is 4.99 Å². The van der Waals surface area contributed by atoms with Crippen LogP contribution >= 0.6 is 0 Å². The van der Waals surface area contributed by atoms with E-state index in [1.54, 1.807) is 0 Å². The molecule has 0 fully saturated rings. The third kappa shape index (κ3) is 11.2. The summed E-state index contributed by atoms with van der Waals surface area (Å²) in [5, 5.41) is 6.17. The van der Waals surface area contributed by atoms with Gasteiger partial charge in [0.25, 0.3) is 0 Å². The van der Waals surface area contributed by atoms with Crippen LogP contribution in [0.5, 0.6) is 0 Å². The van der Waals surface area contributed by atoms with Crippen LogP contribution in [0.25, 0.3) is 0 Å². The molecular weight excluding hydrogens is 238 g/mol. The Hall–Kier alpha value is -1.59. The Morgan fingerprint density at radius 2 is 1.79 bits per heavy atom. The van der Waals surface area contributed by atoms with E-state index in [0.717, 1.165) is 13.0 Å². The van der Waals surface area contributed by atoms with Crippen molar-refractivity contribution < 1.29 is 0 Å². The Morgan fingerprint density at radius 3 is 2.32 bits per heavy atom. The second kappa shape index (κ2) is 11.5. The van der Waals surface area contributed by atoms with E-state index < -0.39 is 0 Å². The molecule has 1 rings (SSSR count). The van der Waals surface area contributed by atoms with Crippen molar-refractivity contribution in [2.24, 2.45) is 16.5 Å². The molecule has 0 bridgehead atoms. The Labute approximate surface area is 116 Å². The van der Waals surface area contributed by atoms with E-state index >= 15 is 0 Å². The molecular formula is C14H27N5. The van der Waals surface area contributed by atoms with Crippen LogP contribution in [0.3, 0.4) is 0 Å². The second-order valence-electron chi connectivity index (χ2n) is 4.36. The van der Waals surface area contributed by atoms with Crippen LogP contribution in [0.2, 0.25) is 0 Å². The van der Waals surface area contributed by atoms with Gasteiger partial charge in [0.1, 0.15) is 0 Å². The number of guanidine groups is 1. The molecule has 0 spiro atoms. The molecule has 0 aliphatic heterocycles. The second-order valence-corrected chi connectivity index (χ2v) is 4.36. The van der Waals surface area contributed by atoms with Gasteiger partial charge in [-0.15, -0.1) is 0 Å². The molecule has 0 aliphatic rings. The number of rotatable bonds is 6. The molecule has 5 heteroatoms. The first-order valence-corrected chi connectivity index (χ1v) is 6.51. The highest BCUT2D eigenvalue weighted by Crippen LogP contribution is 1.99. The van der Waals surface area contributed by atoms with Crippen molar-refractivity contribution in [2.75, 3.05) is 20.6 Å². The molecule has 1 atom stereocenters. The lowest BCUT2D eigenvalue weighted by Gasteiger charge is -2.12. The normalized spacial score (nSPS) is 11.1. The van der Waals surface area contributed by atoms with Crippen LogP contribution in [0, 0.1) is 0 Å². The van der Waals surface area contributed by atoms with Crippen molar-refractivity contribution >= 4 is 5.96 Å². The maximum atomic E-state index is 5.25. The van der Waals surface area contributed by atoms with Crippen molar-refractivity contribution in [3.8, 4) is 0 Å². The Morgan fingerprint density at radius 1 is 1.21 bits per heavy atom. The molecule has 1 aromatic carbocycles. The average molecular weight is 265 g/mol. The monoisotopic (exact) mass is 265 g/mol. The summed E-state index contributed by atoms with van der Waals surface area (Å²) >= 11 is 0. The van der Waals surface area contributed by atoms with E-state index in [9.17, 15) is 0 Å². The van der Waals surface area contributed by atoms with Crippen molar-refractivity contribution in [2.45, 2.75) is 25.9 Å². The fourth-order valence-electron chi connectivity index (χ4n) is 1.38. The summed E-state index contributed by atoms with van der Waals surface area (Å²) < 4.78 is 0. The lowest BCUT2D eigenvalue weighted by Crippen LogP contribution is -2.27. The van der Waals surface area contributed by atoms with Gasteiger partial charge in [-0.1, -0.05) is 30.3 Å². The van der Waals surface area contributed by atoms with Crippen LogP contribution in [-0.2, 0) is 6.54 Å². The summed E-state index contributed by atoms with van der Waals surface area (Å²) in [6, 6.07) is 10.7. The van der Waals surface area contributed by atoms with Crippen molar-refractivity contribution in [1.29, 1.82) is 0 Å². The van der Waals surface area contributed by atoms with E-state index in [4.69, 9.17) is 11.5 Å². The van der Waals surface area contributed by atoms with Crippen molar-refractivity contribution in [1.82, 2.24) is 10.6 Å². The predicted molar refractivity (Wildman–Crippen MR) is 83.0 cm³/mol. The van der Waals surface area contributed by atoms with E-state index in [1.807, 2.05) is 32.3 Å². The summed E-state index contributed by atoms with van der Waals surface area (Å²) in [7, 11) is 3.75. The molecule has 6 N–H and O–H groups in total. The van der Waals surface area contributed by atoms with E-state index in [2.05, 4.69) is 34.7 Å². The molecule has 0 heterocycles. The smallest absolute Gasteiger partial charge is 0.185 e. The summed E-state index contributed by atoms with van der Waals surface area (Å²) in [4.78, 5) is 3.95. The maximum absolute atomic E-state index is 5.25. The molecule has 0 saturated heterocycles. The van der Waals surface area contributed by atoms with Crippen LogP contribution < -0.4 is 22.1 Å². The molecule has 0 aromatic heterocycles. The lowest BCUT2D eigenvalue weighted by molar-refractivity contribution is 0.520. The number of hydrogen-bond acceptors (Lipinski definition) is 3. The number of hydrogen-bond donors (Lipinski definition) is 4. The summed E-state index contributed by atoms with van der Waals surface area (Å²) in [5.41, 5.74) is 11.8. The average Bonchev–Trinajstić information content (AvgIpc) is 2.38. The molecule has 0 aliphatic carbocycles. The van der Waals surface area contributed by atoms with Gasteiger partial charge in [0.2, 0.25) is 0 Å². The van der Waals surface area contributed by atoms with Crippen molar-refractivity contribution in [3.05, 3.63) is 35.9 Å². The number of aliphatic imine (C=N–C) groups is 1. The maximum Gasteiger partial charge on any atom is 0.185 e. The fourth-order valence-corrected chi connectivity index (χ4v) is 1.38. The minimum absolute atomic E-state index is 0.162. The Balaban J connectivity index is 0.000000982. The molecule has 1 aromatic rings. The van der Waals surface area contributed by atoms with E-state index in [1.165, 1.54) is 5.56 Å². The number of benzene rings is 1. The fraction of sp³-hybridized carbons (Fsp3) is 0.500. The van der Waals surface area contributed by atoms with Gasteiger partial charge in [0.15, 0.2) is 5.96 Å². The SMILES string of the molecule is CC(CCN=C(N)N)NCc1ccccc1.CNC. The highest BCUT2D eigenvalue weighted by molar-refractivity contribution is 5.75. The van der Waals surface area contributed by atoms with Gasteiger partial charge in [-0.25, -0.2) is 0 Å². The van der Waals surface area contributed by atoms with Crippen molar-refractivity contribution in [3.63, 3.8) is 0 Å². The van der Waals surface area contributed by atoms with Gasteiger partial charge in [0.05, 0.1) is 0 Å². The van der Waals surface area contributed by atoms with Crippen LogP contribution in [-0.4, -0.2) is 32.6 Å². The minimum Gasteiger partial charge on any atom is -0.370 e. The van der Waals surface area contributed by atoms with Gasteiger partial charge < -0.3 is 22.1 Å². The first-order valence-electron chi connectivity index (χ1n) is 6.51. The third-order valence-electron chi connectivity index (χ3n) is 2.35. The van der Waals surface area contributed by atoms with E-state index in [0.29, 0.717) is 12.6 Å². The molecule has 108 valence electrons. The number of nitrogens with zero attached hydrogens (tertiary/aromatic N) is 1. The Bertz CT molecular complexity index is 333. The van der Waals surface area contributed by atoms with Crippen LogP contribution in [0.15, 0.2) is 35.3 Å². The molecule has 19 heavy (non-hydrogen) atoms. The topological polar surface area (TPSA) is 88.5 Å². The molecule has 0 radical (unpaired) electrons. The zero-order valence-corrected chi connectivity index (χ0v) is 12.2. The van der Waals surface area contributed by atoms with Gasteiger partial charge in [-0.2, -0.15) is 0 Å². The molecule has 1 unspecified atom stereocenters. The standard InChI is InChI=1S/C12H20N4.C2H7N/c1-10(7-8-15-12(13)14)16-9-11-5-3-2-4-6-11;1-3-2/h2-6,10,16H,7-9H2,1H3,(H4,13,14,15);3H,1-2H3. The molecule has 5 nitrogen and oxygen atoms in total. The first-order chi connectivity index (χ1) is 9.10. The zero-order chi connectivity index (χ0) is 14.5. The third-order valence-corrected chi connectivity index (χ3v) is 2.35. The Kier molecular flexibility index (Phi) is 10.5. The molecule has 0 saturated carbocycles.